The number of aliphatic hydroxyl groups excluding tert-OH is 1. The van der Waals surface area contributed by atoms with Crippen molar-refractivity contribution in [2.45, 2.75) is 38.1 Å². The van der Waals surface area contributed by atoms with Crippen molar-refractivity contribution in [2.75, 3.05) is 11.9 Å². The lowest BCUT2D eigenvalue weighted by Gasteiger charge is -2.22. The van der Waals surface area contributed by atoms with Crippen LogP contribution in [-0.4, -0.2) is 17.8 Å². The third-order valence-electron chi connectivity index (χ3n) is 3.01. The SMILES string of the molecule is CC(C)(CO)c1ccc(NC2CC2)cc1. The highest BCUT2D eigenvalue weighted by molar-refractivity contribution is 5.47. The molecule has 1 saturated carbocycles. The van der Waals surface area contributed by atoms with Gasteiger partial charge in [-0.1, -0.05) is 26.0 Å². The van der Waals surface area contributed by atoms with Crippen LogP contribution in [-0.2, 0) is 5.41 Å². The van der Waals surface area contributed by atoms with Gasteiger partial charge in [-0.3, -0.25) is 0 Å². The Morgan fingerprint density at radius 3 is 2.33 bits per heavy atom. The largest absolute Gasteiger partial charge is 0.395 e. The molecule has 1 aromatic rings. The van der Waals surface area contributed by atoms with Crippen LogP contribution in [0.15, 0.2) is 24.3 Å². The third-order valence-corrected chi connectivity index (χ3v) is 3.01. The maximum atomic E-state index is 9.26. The third kappa shape index (κ3) is 2.51. The van der Waals surface area contributed by atoms with E-state index in [1.807, 2.05) is 0 Å². The normalized spacial score (nSPS) is 16.5. The number of benzene rings is 1. The predicted molar refractivity (Wildman–Crippen MR) is 63.2 cm³/mol. The van der Waals surface area contributed by atoms with Crippen LogP contribution in [0.5, 0.6) is 0 Å². The van der Waals surface area contributed by atoms with Crippen LogP contribution in [0, 0.1) is 0 Å². The summed E-state index contributed by atoms with van der Waals surface area (Å²) in [5.41, 5.74) is 2.24. The van der Waals surface area contributed by atoms with Gasteiger partial charge in [0, 0.05) is 17.1 Å². The van der Waals surface area contributed by atoms with Gasteiger partial charge in [-0.05, 0) is 30.5 Å². The first-order valence-electron chi connectivity index (χ1n) is 5.60. The minimum atomic E-state index is -0.141. The molecule has 0 unspecified atom stereocenters. The number of hydrogen-bond donors (Lipinski definition) is 2. The summed E-state index contributed by atoms with van der Waals surface area (Å²) in [7, 11) is 0. The van der Waals surface area contributed by atoms with Gasteiger partial charge in [0.15, 0.2) is 0 Å². The van der Waals surface area contributed by atoms with Crippen molar-refractivity contribution in [2.24, 2.45) is 0 Å². The van der Waals surface area contributed by atoms with Gasteiger partial charge in [0.2, 0.25) is 0 Å². The van der Waals surface area contributed by atoms with E-state index in [4.69, 9.17) is 0 Å². The molecule has 0 atom stereocenters. The molecule has 0 heterocycles. The van der Waals surface area contributed by atoms with Crippen molar-refractivity contribution in [3.05, 3.63) is 29.8 Å². The van der Waals surface area contributed by atoms with E-state index in [9.17, 15) is 5.11 Å². The highest BCUT2D eigenvalue weighted by Gasteiger charge is 2.22. The van der Waals surface area contributed by atoms with E-state index in [1.165, 1.54) is 24.1 Å². The topological polar surface area (TPSA) is 32.3 Å². The van der Waals surface area contributed by atoms with Crippen LogP contribution in [0.1, 0.15) is 32.3 Å². The monoisotopic (exact) mass is 205 g/mol. The highest BCUT2D eigenvalue weighted by atomic mass is 16.3. The molecule has 15 heavy (non-hydrogen) atoms. The summed E-state index contributed by atoms with van der Waals surface area (Å²) in [5, 5.41) is 12.7. The summed E-state index contributed by atoms with van der Waals surface area (Å²) in [6, 6.07) is 9.10. The number of anilines is 1. The molecule has 0 amide bonds. The van der Waals surface area contributed by atoms with Gasteiger partial charge in [-0.15, -0.1) is 0 Å². The molecular weight excluding hydrogens is 186 g/mol. The minimum absolute atomic E-state index is 0.141. The van der Waals surface area contributed by atoms with E-state index < -0.39 is 0 Å². The number of rotatable bonds is 4. The quantitative estimate of drug-likeness (QED) is 0.791. The van der Waals surface area contributed by atoms with Crippen molar-refractivity contribution in [1.82, 2.24) is 0 Å². The second kappa shape index (κ2) is 3.86. The summed E-state index contributed by atoms with van der Waals surface area (Å²) < 4.78 is 0. The Kier molecular flexibility index (Phi) is 2.70. The van der Waals surface area contributed by atoms with Crippen LogP contribution < -0.4 is 5.32 Å². The van der Waals surface area contributed by atoms with Crippen LogP contribution in [0.3, 0.4) is 0 Å². The van der Waals surface area contributed by atoms with Gasteiger partial charge in [0.05, 0.1) is 6.61 Å². The van der Waals surface area contributed by atoms with Gasteiger partial charge in [0.1, 0.15) is 0 Å². The van der Waals surface area contributed by atoms with Gasteiger partial charge in [-0.2, -0.15) is 0 Å². The maximum absolute atomic E-state index is 9.26. The zero-order chi connectivity index (χ0) is 10.9. The summed E-state index contributed by atoms with van der Waals surface area (Å²) in [6.45, 7) is 4.29. The molecule has 0 saturated heterocycles. The van der Waals surface area contributed by atoms with Crippen molar-refractivity contribution in [3.63, 3.8) is 0 Å². The Bertz CT molecular complexity index is 325. The summed E-state index contributed by atoms with van der Waals surface area (Å²) in [5.74, 6) is 0. The molecule has 0 aromatic heterocycles. The molecule has 1 aliphatic carbocycles. The lowest BCUT2D eigenvalue weighted by molar-refractivity contribution is 0.218. The predicted octanol–water partition coefficient (Wildman–Crippen LogP) is 2.53. The molecule has 0 aliphatic heterocycles. The van der Waals surface area contributed by atoms with E-state index in [2.05, 4.69) is 43.4 Å². The second-order valence-corrected chi connectivity index (χ2v) is 5.04. The van der Waals surface area contributed by atoms with Crippen LogP contribution in [0.2, 0.25) is 0 Å². The van der Waals surface area contributed by atoms with Crippen molar-refractivity contribution in [1.29, 1.82) is 0 Å². The van der Waals surface area contributed by atoms with E-state index in [0.717, 1.165) is 0 Å². The number of nitrogens with one attached hydrogen (secondary N) is 1. The highest BCUT2D eigenvalue weighted by Crippen LogP contribution is 2.27. The summed E-state index contributed by atoms with van der Waals surface area (Å²) in [4.78, 5) is 0. The molecule has 0 bridgehead atoms. The lowest BCUT2D eigenvalue weighted by Crippen LogP contribution is -2.21. The standard InChI is InChI=1S/C13H19NO/c1-13(2,9-15)10-3-5-11(6-4-10)14-12-7-8-12/h3-6,12,14-15H,7-9H2,1-2H3. The van der Waals surface area contributed by atoms with Crippen LogP contribution in [0.4, 0.5) is 5.69 Å². The first-order chi connectivity index (χ1) is 7.12. The number of hydrogen-bond acceptors (Lipinski definition) is 2. The zero-order valence-corrected chi connectivity index (χ0v) is 9.46. The Labute approximate surface area is 91.3 Å². The average Bonchev–Trinajstić information content (AvgIpc) is 3.03. The van der Waals surface area contributed by atoms with Crippen molar-refractivity contribution in [3.8, 4) is 0 Å². The molecule has 2 N–H and O–H groups in total. The fourth-order valence-corrected chi connectivity index (χ4v) is 1.57. The Hall–Kier alpha value is -1.02. The van der Waals surface area contributed by atoms with E-state index in [1.54, 1.807) is 0 Å². The summed E-state index contributed by atoms with van der Waals surface area (Å²) in [6.07, 6.45) is 2.59. The Balaban J connectivity index is 2.08. The van der Waals surface area contributed by atoms with E-state index in [-0.39, 0.29) is 12.0 Å². The fraction of sp³-hybridized carbons (Fsp3) is 0.538. The van der Waals surface area contributed by atoms with Crippen LogP contribution >= 0.6 is 0 Å². The molecule has 1 aromatic carbocycles. The van der Waals surface area contributed by atoms with E-state index >= 15 is 0 Å². The van der Waals surface area contributed by atoms with Crippen LogP contribution in [0.25, 0.3) is 0 Å². The summed E-state index contributed by atoms with van der Waals surface area (Å²) >= 11 is 0. The fourth-order valence-electron chi connectivity index (χ4n) is 1.57. The molecule has 0 radical (unpaired) electrons. The van der Waals surface area contributed by atoms with Gasteiger partial charge in [-0.25, -0.2) is 0 Å². The molecule has 2 rings (SSSR count). The molecule has 2 nitrogen and oxygen atoms in total. The first-order valence-corrected chi connectivity index (χ1v) is 5.60. The molecule has 2 heteroatoms. The molecule has 1 fully saturated rings. The molecule has 82 valence electrons. The molecular formula is C13H19NO. The van der Waals surface area contributed by atoms with E-state index in [0.29, 0.717) is 6.04 Å². The van der Waals surface area contributed by atoms with Gasteiger partial charge in [0.25, 0.3) is 0 Å². The molecule has 1 aliphatic rings. The number of aliphatic hydroxyl groups is 1. The first kappa shape index (κ1) is 10.5. The Morgan fingerprint density at radius 1 is 1.27 bits per heavy atom. The smallest absolute Gasteiger partial charge is 0.0522 e. The molecule has 0 spiro atoms. The minimum Gasteiger partial charge on any atom is -0.395 e. The van der Waals surface area contributed by atoms with Gasteiger partial charge < -0.3 is 10.4 Å². The van der Waals surface area contributed by atoms with Crippen molar-refractivity contribution < 1.29 is 5.11 Å². The second-order valence-electron chi connectivity index (χ2n) is 5.04. The van der Waals surface area contributed by atoms with Gasteiger partial charge >= 0.3 is 0 Å². The Morgan fingerprint density at radius 2 is 1.87 bits per heavy atom. The van der Waals surface area contributed by atoms with Crippen molar-refractivity contribution >= 4 is 5.69 Å². The lowest BCUT2D eigenvalue weighted by atomic mass is 9.85. The average molecular weight is 205 g/mol. The zero-order valence-electron chi connectivity index (χ0n) is 9.46. The maximum Gasteiger partial charge on any atom is 0.0522 e.